The van der Waals surface area contributed by atoms with Gasteiger partial charge in [-0.1, -0.05) is 24.4 Å². The molecule has 4 heteroatoms. The van der Waals surface area contributed by atoms with Gasteiger partial charge in [-0.15, -0.1) is 0 Å². The quantitative estimate of drug-likeness (QED) is 0.875. The normalized spacial score (nSPS) is 23.9. The van der Waals surface area contributed by atoms with Gasteiger partial charge in [-0.25, -0.2) is 4.39 Å². The number of anilines is 1. The highest BCUT2D eigenvalue weighted by Crippen LogP contribution is 2.30. The van der Waals surface area contributed by atoms with Gasteiger partial charge >= 0.3 is 0 Å². The number of aliphatic hydroxyl groups excluding tert-OH is 1. The molecule has 100 valence electrons. The molecule has 1 aromatic carbocycles. The highest BCUT2D eigenvalue weighted by Gasteiger charge is 2.24. The van der Waals surface area contributed by atoms with Crippen molar-refractivity contribution >= 4 is 17.3 Å². The fraction of sp³-hybridized carbons (Fsp3) is 0.571. The molecule has 0 spiro atoms. The Balaban J connectivity index is 1.91. The lowest BCUT2D eigenvalue weighted by atomic mass is 9.79. The van der Waals surface area contributed by atoms with Crippen LogP contribution >= 0.6 is 11.6 Å². The lowest BCUT2D eigenvalue weighted by molar-refractivity contribution is 0.141. The summed E-state index contributed by atoms with van der Waals surface area (Å²) in [6.45, 7) is 1.07. The summed E-state index contributed by atoms with van der Waals surface area (Å²) in [4.78, 5) is 0. The molecule has 2 N–H and O–H groups in total. The van der Waals surface area contributed by atoms with Crippen LogP contribution in [0.25, 0.3) is 0 Å². The summed E-state index contributed by atoms with van der Waals surface area (Å²) in [6.07, 6.45) is 4.69. The molecule has 0 amide bonds. The van der Waals surface area contributed by atoms with E-state index in [9.17, 15) is 9.50 Å². The van der Waals surface area contributed by atoms with Gasteiger partial charge in [-0.2, -0.15) is 0 Å². The van der Waals surface area contributed by atoms with Crippen molar-refractivity contribution in [3.05, 3.63) is 29.0 Å². The zero-order valence-corrected chi connectivity index (χ0v) is 11.1. The van der Waals surface area contributed by atoms with Crippen LogP contribution in [0.4, 0.5) is 10.1 Å². The Hall–Kier alpha value is -0.800. The van der Waals surface area contributed by atoms with Crippen molar-refractivity contribution in [2.45, 2.75) is 25.7 Å². The van der Waals surface area contributed by atoms with Gasteiger partial charge in [-0.05, 0) is 42.9 Å². The van der Waals surface area contributed by atoms with Crippen LogP contribution in [0.3, 0.4) is 0 Å². The first kappa shape index (κ1) is 13.6. The van der Waals surface area contributed by atoms with Crippen LogP contribution in [0.5, 0.6) is 0 Å². The Morgan fingerprint density at radius 2 is 2.00 bits per heavy atom. The van der Waals surface area contributed by atoms with Crippen molar-refractivity contribution in [2.24, 2.45) is 11.8 Å². The largest absolute Gasteiger partial charge is 0.396 e. The average Bonchev–Trinajstić information content (AvgIpc) is 2.40. The van der Waals surface area contributed by atoms with Crippen LogP contribution in [0, 0.1) is 17.7 Å². The van der Waals surface area contributed by atoms with Crippen molar-refractivity contribution in [3.8, 4) is 0 Å². The van der Waals surface area contributed by atoms with E-state index in [-0.39, 0.29) is 11.6 Å². The molecular weight excluding hydrogens is 253 g/mol. The van der Waals surface area contributed by atoms with Crippen molar-refractivity contribution < 1.29 is 9.50 Å². The molecule has 0 bridgehead atoms. The first-order valence-corrected chi connectivity index (χ1v) is 6.88. The SMILES string of the molecule is OCC1CCCCC1CNc1ccc(F)c(Cl)c1. The van der Waals surface area contributed by atoms with Crippen LogP contribution in [0.2, 0.25) is 5.02 Å². The fourth-order valence-corrected chi connectivity index (χ4v) is 2.83. The summed E-state index contributed by atoms with van der Waals surface area (Å²) in [5.74, 6) is 0.489. The van der Waals surface area contributed by atoms with E-state index in [1.54, 1.807) is 12.1 Å². The van der Waals surface area contributed by atoms with Crippen molar-refractivity contribution in [2.75, 3.05) is 18.5 Å². The Morgan fingerprint density at radius 3 is 2.67 bits per heavy atom. The van der Waals surface area contributed by atoms with E-state index in [1.165, 1.54) is 18.9 Å². The van der Waals surface area contributed by atoms with Crippen LogP contribution in [0.1, 0.15) is 25.7 Å². The maximum atomic E-state index is 13.0. The molecule has 18 heavy (non-hydrogen) atoms. The maximum absolute atomic E-state index is 13.0. The third-order valence-electron chi connectivity index (χ3n) is 3.79. The summed E-state index contributed by atoms with van der Waals surface area (Å²) in [5.41, 5.74) is 0.837. The molecule has 0 saturated heterocycles. The number of nitrogens with one attached hydrogen (secondary N) is 1. The van der Waals surface area contributed by atoms with Crippen LogP contribution in [-0.2, 0) is 0 Å². The van der Waals surface area contributed by atoms with E-state index in [0.717, 1.165) is 25.1 Å². The minimum absolute atomic E-state index is 0.141. The highest BCUT2D eigenvalue weighted by molar-refractivity contribution is 6.31. The lowest BCUT2D eigenvalue weighted by Crippen LogP contribution is -2.28. The number of halogens is 2. The number of benzene rings is 1. The van der Waals surface area contributed by atoms with Crippen molar-refractivity contribution in [1.82, 2.24) is 0 Å². The molecule has 0 aromatic heterocycles. The van der Waals surface area contributed by atoms with E-state index in [2.05, 4.69) is 5.32 Å². The Bertz CT molecular complexity index is 399. The third-order valence-corrected chi connectivity index (χ3v) is 4.08. The monoisotopic (exact) mass is 271 g/mol. The number of hydrogen-bond donors (Lipinski definition) is 2. The first-order valence-electron chi connectivity index (χ1n) is 6.50. The lowest BCUT2D eigenvalue weighted by Gasteiger charge is -2.30. The molecule has 0 radical (unpaired) electrons. The molecule has 1 saturated carbocycles. The van der Waals surface area contributed by atoms with Crippen molar-refractivity contribution in [1.29, 1.82) is 0 Å². The standard InChI is InChI=1S/C14H19ClFNO/c15-13-7-12(5-6-14(13)16)17-8-10-3-1-2-4-11(10)9-18/h5-7,10-11,17-18H,1-4,8-9H2. The Labute approximate surface area is 112 Å². The molecule has 0 heterocycles. The van der Waals surface area contributed by atoms with E-state index < -0.39 is 5.82 Å². The van der Waals surface area contributed by atoms with E-state index in [1.807, 2.05) is 0 Å². The molecule has 1 aliphatic rings. The summed E-state index contributed by atoms with van der Waals surface area (Å²) >= 11 is 5.74. The average molecular weight is 272 g/mol. The van der Waals surface area contributed by atoms with Gasteiger partial charge in [0, 0.05) is 18.8 Å². The van der Waals surface area contributed by atoms with Crippen LogP contribution < -0.4 is 5.32 Å². The van der Waals surface area contributed by atoms with Gasteiger partial charge in [-0.3, -0.25) is 0 Å². The predicted molar refractivity (Wildman–Crippen MR) is 72.4 cm³/mol. The Kier molecular flexibility index (Phi) is 4.84. The van der Waals surface area contributed by atoms with Gasteiger partial charge in [0.2, 0.25) is 0 Å². The summed E-state index contributed by atoms with van der Waals surface area (Å²) < 4.78 is 13.0. The van der Waals surface area contributed by atoms with Crippen molar-refractivity contribution in [3.63, 3.8) is 0 Å². The van der Waals surface area contributed by atoms with Crippen LogP contribution in [-0.4, -0.2) is 18.3 Å². The minimum Gasteiger partial charge on any atom is -0.396 e. The molecule has 2 rings (SSSR count). The first-order chi connectivity index (χ1) is 8.70. The number of rotatable bonds is 4. The van der Waals surface area contributed by atoms with E-state index in [4.69, 9.17) is 11.6 Å². The topological polar surface area (TPSA) is 32.3 Å². The summed E-state index contributed by atoms with van der Waals surface area (Å²) in [6, 6.07) is 4.67. The third kappa shape index (κ3) is 3.36. The molecule has 1 aliphatic carbocycles. The van der Waals surface area contributed by atoms with Gasteiger partial charge in [0.1, 0.15) is 5.82 Å². The molecule has 2 unspecified atom stereocenters. The fourth-order valence-electron chi connectivity index (χ4n) is 2.65. The Morgan fingerprint density at radius 1 is 1.28 bits per heavy atom. The molecule has 2 nitrogen and oxygen atoms in total. The van der Waals surface area contributed by atoms with E-state index >= 15 is 0 Å². The smallest absolute Gasteiger partial charge is 0.141 e. The number of aliphatic hydroxyl groups is 1. The second-order valence-corrected chi connectivity index (χ2v) is 5.40. The maximum Gasteiger partial charge on any atom is 0.141 e. The van der Waals surface area contributed by atoms with Gasteiger partial charge in [0.25, 0.3) is 0 Å². The zero-order chi connectivity index (χ0) is 13.0. The molecular formula is C14H19ClFNO. The van der Waals surface area contributed by atoms with E-state index in [0.29, 0.717) is 11.8 Å². The second kappa shape index (κ2) is 6.39. The summed E-state index contributed by atoms with van der Waals surface area (Å²) in [5, 5.41) is 12.8. The minimum atomic E-state index is -0.395. The van der Waals surface area contributed by atoms with Gasteiger partial charge in [0.05, 0.1) is 5.02 Å². The zero-order valence-electron chi connectivity index (χ0n) is 10.3. The molecule has 0 aliphatic heterocycles. The molecule has 1 aromatic rings. The predicted octanol–water partition coefficient (Wildman–Crippen LogP) is 3.69. The molecule has 2 atom stereocenters. The van der Waals surface area contributed by atoms with Gasteiger partial charge in [0.15, 0.2) is 0 Å². The second-order valence-electron chi connectivity index (χ2n) is 5.00. The highest BCUT2D eigenvalue weighted by atomic mass is 35.5. The van der Waals surface area contributed by atoms with Crippen LogP contribution in [0.15, 0.2) is 18.2 Å². The summed E-state index contributed by atoms with van der Waals surface area (Å²) in [7, 11) is 0. The molecule has 1 fully saturated rings. The van der Waals surface area contributed by atoms with Gasteiger partial charge < -0.3 is 10.4 Å². The number of hydrogen-bond acceptors (Lipinski definition) is 2.